The van der Waals surface area contributed by atoms with E-state index in [2.05, 4.69) is 79.0 Å². The first-order valence-electron chi connectivity index (χ1n) is 10.4. The van der Waals surface area contributed by atoms with Crippen LogP contribution in [0.2, 0.25) is 0 Å². The Balaban J connectivity index is 1.74. The van der Waals surface area contributed by atoms with Crippen molar-refractivity contribution in [3.8, 4) is 0 Å². The van der Waals surface area contributed by atoms with E-state index in [1.54, 1.807) is 0 Å². The Labute approximate surface area is 178 Å². The molecule has 4 rings (SSSR count). The molecule has 3 heteroatoms. The zero-order valence-corrected chi connectivity index (χ0v) is 17.4. The number of nitrogens with one attached hydrogen (secondary N) is 2. The quantitative estimate of drug-likeness (QED) is 0.375. The zero-order valence-electron chi connectivity index (χ0n) is 17.4. The minimum Gasteiger partial charge on any atom is -0.367 e. The van der Waals surface area contributed by atoms with Gasteiger partial charge in [-0.1, -0.05) is 97.1 Å². The Morgan fingerprint density at radius 3 is 2.77 bits per heavy atom. The van der Waals surface area contributed by atoms with E-state index < -0.39 is 0 Å². The number of aliphatic imine (C=N–C) groups is 1. The number of fused-ring (bicyclic) bond motifs is 2. The number of benzene rings is 2. The van der Waals surface area contributed by atoms with E-state index >= 15 is 0 Å². The van der Waals surface area contributed by atoms with Crippen LogP contribution in [-0.4, -0.2) is 17.7 Å². The molecule has 2 aromatic rings. The molecule has 0 radical (unpaired) electrons. The predicted molar refractivity (Wildman–Crippen MR) is 128 cm³/mol. The van der Waals surface area contributed by atoms with Crippen LogP contribution in [-0.2, 0) is 0 Å². The van der Waals surface area contributed by atoms with Gasteiger partial charge in [-0.2, -0.15) is 0 Å². The third-order valence-corrected chi connectivity index (χ3v) is 5.55. The van der Waals surface area contributed by atoms with Crippen LogP contribution in [0, 0.1) is 17.2 Å². The molecule has 0 aromatic heterocycles. The van der Waals surface area contributed by atoms with Crippen molar-refractivity contribution in [1.82, 2.24) is 5.32 Å². The van der Waals surface area contributed by atoms with Crippen molar-refractivity contribution in [3.05, 3.63) is 108 Å². The minimum absolute atomic E-state index is 0.0641. The van der Waals surface area contributed by atoms with Crippen LogP contribution in [0.1, 0.15) is 19.4 Å². The second-order valence-electron chi connectivity index (χ2n) is 7.68. The predicted octanol–water partition coefficient (Wildman–Crippen LogP) is 5.97. The van der Waals surface area contributed by atoms with Crippen LogP contribution < -0.4 is 5.32 Å². The average Bonchev–Trinajstić information content (AvgIpc) is 2.78. The average molecular weight is 394 g/mol. The summed E-state index contributed by atoms with van der Waals surface area (Å²) in [5.74, 6) is 1.39. The van der Waals surface area contributed by atoms with Gasteiger partial charge in [0, 0.05) is 23.4 Å². The van der Waals surface area contributed by atoms with E-state index in [0.717, 1.165) is 22.2 Å². The summed E-state index contributed by atoms with van der Waals surface area (Å²) in [4.78, 5) is 4.85. The highest BCUT2D eigenvalue weighted by atomic mass is 15.0. The molecule has 0 bridgehead atoms. The molecule has 0 fully saturated rings. The van der Waals surface area contributed by atoms with Gasteiger partial charge in [0.1, 0.15) is 5.84 Å². The van der Waals surface area contributed by atoms with E-state index in [1.807, 2.05) is 37.3 Å². The third-order valence-electron chi connectivity index (χ3n) is 5.55. The highest BCUT2D eigenvalue weighted by molar-refractivity contribution is 6.13. The van der Waals surface area contributed by atoms with Gasteiger partial charge in [0.25, 0.3) is 0 Å². The van der Waals surface area contributed by atoms with Crippen LogP contribution in [0.25, 0.3) is 10.8 Å². The van der Waals surface area contributed by atoms with Crippen molar-refractivity contribution in [2.24, 2.45) is 16.8 Å². The number of nitrogens with zero attached hydrogens (tertiary/aromatic N) is 1. The van der Waals surface area contributed by atoms with Crippen molar-refractivity contribution in [3.63, 3.8) is 0 Å². The molecular formula is C27H27N3. The lowest BCUT2D eigenvalue weighted by atomic mass is 9.79. The summed E-state index contributed by atoms with van der Waals surface area (Å²) in [7, 11) is 0. The molecule has 3 unspecified atom stereocenters. The van der Waals surface area contributed by atoms with Gasteiger partial charge >= 0.3 is 0 Å². The second-order valence-corrected chi connectivity index (χ2v) is 7.68. The van der Waals surface area contributed by atoms with Crippen molar-refractivity contribution in [2.45, 2.75) is 19.9 Å². The lowest BCUT2D eigenvalue weighted by Gasteiger charge is -2.30. The lowest BCUT2D eigenvalue weighted by Crippen LogP contribution is -2.40. The van der Waals surface area contributed by atoms with Gasteiger partial charge in [-0.25, -0.2) is 4.99 Å². The van der Waals surface area contributed by atoms with E-state index in [9.17, 15) is 0 Å². The molecule has 2 aromatic carbocycles. The highest BCUT2D eigenvalue weighted by Crippen LogP contribution is 2.32. The Morgan fingerprint density at radius 2 is 1.90 bits per heavy atom. The van der Waals surface area contributed by atoms with Gasteiger partial charge in [-0.3, -0.25) is 5.41 Å². The Hall–Kier alpha value is -3.46. The van der Waals surface area contributed by atoms with Crippen molar-refractivity contribution >= 4 is 22.4 Å². The monoisotopic (exact) mass is 393 g/mol. The van der Waals surface area contributed by atoms with Crippen LogP contribution in [0.3, 0.4) is 0 Å². The molecule has 2 N–H and O–H groups in total. The van der Waals surface area contributed by atoms with E-state index in [-0.39, 0.29) is 23.7 Å². The van der Waals surface area contributed by atoms with Gasteiger partial charge in [0.05, 0.1) is 0 Å². The van der Waals surface area contributed by atoms with Crippen LogP contribution in [0.5, 0.6) is 0 Å². The molecule has 3 atom stereocenters. The first-order valence-corrected chi connectivity index (χ1v) is 10.4. The standard InChI is InChI=1S/C27H27N3/c1-3-10-19(2)29-27(25-18-9-14-21-12-5-7-16-23(21)25)30-26(28)24-17-8-13-20-11-4-6-15-22(20)24/h3-19,23,25H,1-2H3,(H2,28,29,30)/b10-3-. The molecule has 0 saturated heterocycles. The van der Waals surface area contributed by atoms with E-state index in [4.69, 9.17) is 10.4 Å². The SMILES string of the molecule is C/C=C\C(C)N/C(=N\C(=N)c1cccc2ccccc12)C1C=CC=C2C=CC=CC21. The largest absolute Gasteiger partial charge is 0.367 e. The van der Waals surface area contributed by atoms with Crippen molar-refractivity contribution in [1.29, 1.82) is 5.41 Å². The number of allylic oxidation sites excluding steroid dienone is 8. The van der Waals surface area contributed by atoms with Crippen LogP contribution in [0.15, 0.2) is 108 Å². The molecule has 0 spiro atoms. The molecule has 150 valence electrons. The Kier molecular flexibility index (Phi) is 5.89. The summed E-state index contributed by atoms with van der Waals surface area (Å²) in [6.07, 6.45) is 19.1. The summed E-state index contributed by atoms with van der Waals surface area (Å²) < 4.78 is 0. The normalized spacial score (nSPS) is 21.5. The van der Waals surface area contributed by atoms with Crippen LogP contribution >= 0.6 is 0 Å². The molecule has 0 amide bonds. The fourth-order valence-electron chi connectivity index (χ4n) is 4.12. The fraction of sp³-hybridized carbons (Fsp3) is 0.185. The summed E-state index contributed by atoms with van der Waals surface area (Å²) >= 11 is 0. The fourth-order valence-corrected chi connectivity index (χ4v) is 4.12. The third kappa shape index (κ3) is 4.11. The van der Waals surface area contributed by atoms with Crippen molar-refractivity contribution < 1.29 is 0 Å². The summed E-state index contributed by atoms with van der Waals surface area (Å²) in [5, 5.41) is 14.5. The Morgan fingerprint density at radius 1 is 1.07 bits per heavy atom. The topological polar surface area (TPSA) is 48.2 Å². The van der Waals surface area contributed by atoms with Crippen LogP contribution in [0.4, 0.5) is 0 Å². The molecule has 2 aliphatic carbocycles. The van der Waals surface area contributed by atoms with Gasteiger partial charge in [0.2, 0.25) is 0 Å². The maximum Gasteiger partial charge on any atom is 0.154 e. The maximum atomic E-state index is 8.82. The Bertz CT molecular complexity index is 1120. The first-order chi connectivity index (χ1) is 14.7. The van der Waals surface area contributed by atoms with Gasteiger partial charge in [0.15, 0.2) is 5.84 Å². The molecule has 0 heterocycles. The summed E-state index contributed by atoms with van der Waals surface area (Å²) in [5.41, 5.74) is 2.12. The van der Waals surface area contributed by atoms with Gasteiger partial charge < -0.3 is 5.32 Å². The first kappa shape index (κ1) is 19.8. The highest BCUT2D eigenvalue weighted by Gasteiger charge is 2.28. The molecule has 3 nitrogen and oxygen atoms in total. The summed E-state index contributed by atoms with van der Waals surface area (Å²) in [6.45, 7) is 4.13. The molecular weight excluding hydrogens is 366 g/mol. The number of hydrogen-bond donors (Lipinski definition) is 2. The molecule has 30 heavy (non-hydrogen) atoms. The van der Waals surface area contributed by atoms with Gasteiger partial charge in [-0.15, -0.1) is 0 Å². The zero-order chi connectivity index (χ0) is 20.9. The molecule has 0 saturated carbocycles. The minimum atomic E-state index is 0.0641. The summed E-state index contributed by atoms with van der Waals surface area (Å²) in [6, 6.07) is 14.3. The lowest BCUT2D eigenvalue weighted by molar-refractivity contribution is 0.636. The number of rotatable bonds is 4. The molecule has 2 aliphatic rings. The second kappa shape index (κ2) is 8.91. The van der Waals surface area contributed by atoms with E-state index in [1.165, 1.54) is 5.57 Å². The number of hydrogen-bond acceptors (Lipinski definition) is 1. The number of amidine groups is 2. The maximum absolute atomic E-state index is 8.82. The smallest absolute Gasteiger partial charge is 0.154 e. The van der Waals surface area contributed by atoms with Gasteiger partial charge in [-0.05, 0) is 30.2 Å². The van der Waals surface area contributed by atoms with E-state index in [0.29, 0.717) is 0 Å². The molecule has 0 aliphatic heterocycles. The van der Waals surface area contributed by atoms with Crippen molar-refractivity contribution in [2.75, 3.05) is 0 Å².